The molecule has 0 N–H and O–H groups in total. The maximum Gasteiger partial charge on any atom is 0.243 e. The van der Waals surface area contributed by atoms with E-state index in [-0.39, 0.29) is 5.91 Å². The Balaban J connectivity index is 1.75. The molecule has 1 aromatic carbocycles. The number of sulfonamides is 1. The van der Waals surface area contributed by atoms with Crippen LogP contribution in [0.4, 0.5) is 5.69 Å². The van der Waals surface area contributed by atoms with Gasteiger partial charge in [0.05, 0.1) is 17.0 Å². The minimum atomic E-state index is -3.49. The second-order valence-corrected chi connectivity index (χ2v) is 9.62. The zero-order chi connectivity index (χ0) is 17.1. The summed E-state index contributed by atoms with van der Waals surface area (Å²) in [6.45, 7) is 6.16. The average molecular weight is 348 g/mol. The zero-order valence-electron chi connectivity index (χ0n) is 14.3. The van der Waals surface area contributed by atoms with Gasteiger partial charge in [0.2, 0.25) is 15.9 Å². The number of anilines is 1. The van der Waals surface area contributed by atoms with Crippen LogP contribution in [0.3, 0.4) is 0 Å². The maximum absolute atomic E-state index is 13.2. The molecule has 4 rings (SSSR count). The summed E-state index contributed by atoms with van der Waals surface area (Å²) in [4.78, 5) is 14.4. The summed E-state index contributed by atoms with van der Waals surface area (Å²) in [5.74, 6) is 0.863. The van der Waals surface area contributed by atoms with Crippen LogP contribution in [0, 0.1) is 11.8 Å². The van der Waals surface area contributed by atoms with E-state index in [1.165, 1.54) is 0 Å². The fourth-order valence-corrected chi connectivity index (χ4v) is 6.33. The molecule has 1 amide bonds. The molecule has 130 valence electrons. The van der Waals surface area contributed by atoms with Gasteiger partial charge in [0.15, 0.2) is 0 Å². The number of piperidine rings is 1. The van der Waals surface area contributed by atoms with Gasteiger partial charge < -0.3 is 4.90 Å². The van der Waals surface area contributed by atoms with Crippen molar-refractivity contribution in [2.75, 3.05) is 24.5 Å². The summed E-state index contributed by atoms with van der Waals surface area (Å²) >= 11 is 0. The summed E-state index contributed by atoms with van der Waals surface area (Å²) in [6.07, 6.45) is 3.16. The van der Waals surface area contributed by atoms with E-state index in [1.54, 1.807) is 10.4 Å². The summed E-state index contributed by atoms with van der Waals surface area (Å²) < 4.78 is 27.9. The quantitative estimate of drug-likeness (QED) is 0.823. The van der Waals surface area contributed by atoms with Gasteiger partial charge in [0.1, 0.15) is 0 Å². The summed E-state index contributed by atoms with van der Waals surface area (Å²) in [7, 11) is -3.49. The molecule has 0 spiro atoms. The van der Waals surface area contributed by atoms with Crippen molar-refractivity contribution in [3.05, 3.63) is 23.3 Å². The molecule has 1 fully saturated rings. The molecule has 1 aromatic rings. The van der Waals surface area contributed by atoms with E-state index < -0.39 is 10.0 Å². The third-order valence-electron chi connectivity index (χ3n) is 5.45. The molecule has 0 aromatic heterocycles. The van der Waals surface area contributed by atoms with Crippen LogP contribution in [0.25, 0.3) is 0 Å². The topological polar surface area (TPSA) is 57.7 Å². The molecule has 3 aliphatic rings. The van der Waals surface area contributed by atoms with Crippen LogP contribution in [0.2, 0.25) is 0 Å². The molecule has 3 aliphatic heterocycles. The van der Waals surface area contributed by atoms with E-state index in [9.17, 15) is 13.2 Å². The van der Waals surface area contributed by atoms with Crippen LogP contribution in [-0.4, -0.2) is 38.3 Å². The molecule has 0 radical (unpaired) electrons. The van der Waals surface area contributed by atoms with Crippen molar-refractivity contribution in [1.29, 1.82) is 0 Å². The molecule has 0 saturated carbocycles. The van der Waals surface area contributed by atoms with Crippen molar-refractivity contribution < 1.29 is 13.2 Å². The largest absolute Gasteiger partial charge is 0.312 e. The predicted octanol–water partition coefficient (Wildman–Crippen LogP) is 2.19. The second kappa shape index (κ2) is 5.56. The highest BCUT2D eigenvalue weighted by atomic mass is 32.2. The van der Waals surface area contributed by atoms with Gasteiger partial charge in [0.25, 0.3) is 0 Å². The molecular formula is C18H24N2O3S. The van der Waals surface area contributed by atoms with Gasteiger partial charge in [-0.2, -0.15) is 4.31 Å². The number of aryl methyl sites for hydroxylation is 1. The highest BCUT2D eigenvalue weighted by molar-refractivity contribution is 7.89. The average Bonchev–Trinajstić information content (AvgIpc) is 2.84. The molecule has 0 unspecified atom stereocenters. The van der Waals surface area contributed by atoms with Crippen LogP contribution in [0.5, 0.6) is 0 Å². The van der Waals surface area contributed by atoms with Crippen LogP contribution < -0.4 is 4.90 Å². The molecule has 2 atom stereocenters. The van der Waals surface area contributed by atoms with Crippen molar-refractivity contribution in [3.63, 3.8) is 0 Å². The van der Waals surface area contributed by atoms with Crippen molar-refractivity contribution in [2.45, 2.75) is 44.4 Å². The Morgan fingerprint density at radius 2 is 1.75 bits per heavy atom. The Kier molecular flexibility index (Phi) is 3.73. The molecule has 5 nitrogen and oxygen atoms in total. The van der Waals surface area contributed by atoms with Gasteiger partial charge in [-0.15, -0.1) is 0 Å². The van der Waals surface area contributed by atoms with Crippen LogP contribution in [0.1, 0.15) is 37.8 Å². The molecular weight excluding hydrogens is 324 g/mol. The molecule has 3 heterocycles. The zero-order valence-corrected chi connectivity index (χ0v) is 15.1. The Morgan fingerprint density at radius 3 is 2.46 bits per heavy atom. The Hall–Kier alpha value is -1.40. The predicted molar refractivity (Wildman–Crippen MR) is 92.5 cm³/mol. The van der Waals surface area contributed by atoms with Crippen molar-refractivity contribution >= 4 is 21.6 Å². The fourth-order valence-electron chi connectivity index (χ4n) is 4.55. The number of rotatable bonds is 2. The Morgan fingerprint density at radius 1 is 1.08 bits per heavy atom. The van der Waals surface area contributed by atoms with Gasteiger partial charge in [-0.3, -0.25) is 4.79 Å². The first-order valence-corrected chi connectivity index (χ1v) is 10.3. The molecule has 24 heavy (non-hydrogen) atoms. The number of hydrogen-bond donors (Lipinski definition) is 0. The smallest absolute Gasteiger partial charge is 0.243 e. The number of carbonyl (C=O) groups is 1. The third kappa shape index (κ3) is 2.47. The minimum absolute atomic E-state index is 0.0979. The Labute approximate surface area is 143 Å². The van der Waals surface area contributed by atoms with Crippen molar-refractivity contribution in [1.82, 2.24) is 4.31 Å². The lowest BCUT2D eigenvalue weighted by molar-refractivity contribution is -0.117. The molecule has 0 aliphatic carbocycles. The highest BCUT2D eigenvalue weighted by Gasteiger charge is 2.36. The van der Waals surface area contributed by atoms with Gasteiger partial charge >= 0.3 is 0 Å². The van der Waals surface area contributed by atoms with Crippen LogP contribution >= 0.6 is 0 Å². The normalized spacial score (nSPS) is 27.4. The summed E-state index contributed by atoms with van der Waals surface area (Å²) in [5, 5.41) is 0. The van der Waals surface area contributed by atoms with Gasteiger partial charge in [0, 0.05) is 19.6 Å². The third-order valence-corrected chi connectivity index (χ3v) is 7.26. The van der Waals surface area contributed by atoms with E-state index >= 15 is 0 Å². The van der Waals surface area contributed by atoms with E-state index in [0.29, 0.717) is 36.2 Å². The molecule has 1 saturated heterocycles. The van der Waals surface area contributed by atoms with Gasteiger partial charge in [-0.05, 0) is 54.4 Å². The molecule has 6 heteroatoms. The standard InChI is InChI=1S/C18H24N2O3S/c1-12-6-13(2)11-19(10-12)24(22,23)16-7-14-4-3-5-20-17(21)9-15(8-16)18(14)20/h7-8,12-13H,3-6,9-11H2,1-2H3/t12-,13-/m1/s1. The van der Waals surface area contributed by atoms with E-state index in [0.717, 1.165) is 42.6 Å². The van der Waals surface area contributed by atoms with Crippen molar-refractivity contribution in [3.8, 4) is 0 Å². The summed E-state index contributed by atoms with van der Waals surface area (Å²) in [6, 6.07) is 3.55. The number of amides is 1. The van der Waals surface area contributed by atoms with Crippen molar-refractivity contribution in [2.24, 2.45) is 11.8 Å². The number of nitrogens with zero attached hydrogens (tertiary/aromatic N) is 2. The lowest BCUT2D eigenvalue weighted by Crippen LogP contribution is -2.42. The van der Waals surface area contributed by atoms with E-state index in [2.05, 4.69) is 13.8 Å². The van der Waals surface area contributed by atoms with Gasteiger partial charge in [-0.25, -0.2) is 8.42 Å². The van der Waals surface area contributed by atoms with Crippen LogP contribution in [0.15, 0.2) is 17.0 Å². The monoisotopic (exact) mass is 348 g/mol. The highest BCUT2D eigenvalue weighted by Crippen LogP contribution is 2.39. The first kappa shape index (κ1) is 16.1. The van der Waals surface area contributed by atoms with Gasteiger partial charge in [-0.1, -0.05) is 13.8 Å². The van der Waals surface area contributed by atoms with Crippen LogP contribution in [-0.2, 0) is 27.7 Å². The number of benzene rings is 1. The van der Waals surface area contributed by atoms with E-state index in [4.69, 9.17) is 0 Å². The first-order valence-electron chi connectivity index (χ1n) is 8.82. The molecule has 0 bridgehead atoms. The fraction of sp³-hybridized carbons (Fsp3) is 0.611. The first-order chi connectivity index (χ1) is 11.4. The lowest BCUT2D eigenvalue weighted by Gasteiger charge is -2.34. The lowest BCUT2D eigenvalue weighted by atomic mass is 9.94. The van der Waals surface area contributed by atoms with E-state index in [1.807, 2.05) is 11.0 Å². The maximum atomic E-state index is 13.2. The number of carbonyl (C=O) groups excluding carboxylic acids is 1. The minimum Gasteiger partial charge on any atom is -0.312 e. The second-order valence-electron chi connectivity index (χ2n) is 7.68. The number of hydrogen-bond acceptors (Lipinski definition) is 3. The Bertz CT molecular complexity index is 793. The summed E-state index contributed by atoms with van der Waals surface area (Å²) in [5.41, 5.74) is 2.88. The SMILES string of the molecule is C[C@@H]1C[C@@H](C)CN(S(=O)(=O)c2cc3c4c(c2)CC(=O)N4CCC3)C1.